The molecule has 1 aliphatic rings. The molecule has 0 radical (unpaired) electrons. The number of carbonyl (C=O) groups excluding carboxylic acids is 1. The molecule has 142 valence electrons. The normalized spacial score (nSPS) is 15.6. The van der Waals surface area contributed by atoms with Crippen LogP contribution < -0.4 is 15.2 Å². The SMILES string of the molecule is C/C(=N/NC(=O)CC[NH+]1CCN(c2ccccc2)CC1)c1ccc(F)cc1. The Morgan fingerprint density at radius 1 is 1.11 bits per heavy atom. The Hall–Kier alpha value is -2.73. The van der Waals surface area contributed by atoms with Crippen molar-refractivity contribution >= 4 is 17.3 Å². The Kier molecular flexibility index (Phi) is 6.54. The first-order chi connectivity index (χ1) is 13.1. The van der Waals surface area contributed by atoms with Crippen molar-refractivity contribution in [3.05, 3.63) is 66.0 Å². The van der Waals surface area contributed by atoms with Crippen LogP contribution in [0.15, 0.2) is 59.7 Å². The molecule has 1 amide bonds. The van der Waals surface area contributed by atoms with Crippen molar-refractivity contribution in [1.29, 1.82) is 0 Å². The van der Waals surface area contributed by atoms with E-state index in [2.05, 4.69) is 39.7 Å². The number of benzene rings is 2. The molecule has 3 rings (SSSR count). The molecule has 2 aromatic rings. The third-order valence-electron chi connectivity index (χ3n) is 4.91. The van der Waals surface area contributed by atoms with Crippen molar-refractivity contribution < 1.29 is 14.1 Å². The van der Waals surface area contributed by atoms with Gasteiger partial charge in [0.05, 0.1) is 44.9 Å². The molecule has 6 heteroatoms. The lowest BCUT2D eigenvalue weighted by Crippen LogP contribution is -3.15. The summed E-state index contributed by atoms with van der Waals surface area (Å²) in [5.74, 6) is -0.375. The average molecular weight is 369 g/mol. The number of hydrogen-bond acceptors (Lipinski definition) is 3. The number of quaternary nitrogens is 1. The molecule has 0 atom stereocenters. The number of piperazine rings is 1. The Bertz CT molecular complexity index is 769. The standard InChI is InChI=1S/C21H25FN4O/c1-17(18-7-9-19(22)10-8-18)23-24-21(27)11-12-25-13-15-26(16-14-25)20-5-3-2-4-6-20/h2-10H,11-16H2,1H3,(H,24,27)/p+1/b23-17-. The molecule has 1 aliphatic heterocycles. The van der Waals surface area contributed by atoms with Gasteiger partial charge in [-0.1, -0.05) is 30.3 Å². The van der Waals surface area contributed by atoms with Crippen LogP contribution in [0.4, 0.5) is 10.1 Å². The minimum atomic E-state index is -0.286. The number of nitrogens with zero attached hydrogens (tertiary/aromatic N) is 2. The number of para-hydroxylation sites is 1. The Morgan fingerprint density at radius 3 is 2.44 bits per heavy atom. The van der Waals surface area contributed by atoms with Crippen LogP contribution in [-0.2, 0) is 4.79 Å². The van der Waals surface area contributed by atoms with Crippen LogP contribution in [0.25, 0.3) is 0 Å². The highest BCUT2D eigenvalue weighted by Crippen LogP contribution is 2.12. The second kappa shape index (κ2) is 9.28. The van der Waals surface area contributed by atoms with Crippen LogP contribution in [-0.4, -0.2) is 44.3 Å². The summed E-state index contributed by atoms with van der Waals surface area (Å²) in [5.41, 5.74) is 5.32. The summed E-state index contributed by atoms with van der Waals surface area (Å²) in [6, 6.07) is 16.5. The smallest absolute Gasteiger partial charge is 0.245 e. The molecule has 1 fully saturated rings. The van der Waals surface area contributed by atoms with Crippen LogP contribution in [0, 0.1) is 5.82 Å². The van der Waals surface area contributed by atoms with Gasteiger partial charge in [-0.15, -0.1) is 0 Å². The average Bonchev–Trinajstić information content (AvgIpc) is 2.72. The Labute approximate surface area is 159 Å². The molecule has 0 unspecified atom stereocenters. The number of hydrazone groups is 1. The fraction of sp³-hybridized carbons (Fsp3) is 0.333. The van der Waals surface area contributed by atoms with E-state index in [0.717, 1.165) is 38.3 Å². The third-order valence-corrected chi connectivity index (χ3v) is 4.91. The summed E-state index contributed by atoms with van der Waals surface area (Å²) in [6.07, 6.45) is 0.445. The van der Waals surface area contributed by atoms with Gasteiger partial charge in [0, 0.05) is 5.69 Å². The first-order valence-corrected chi connectivity index (χ1v) is 9.34. The molecule has 5 nitrogen and oxygen atoms in total. The zero-order valence-electron chi connectivity index (χ0n) is 15.6. The molecule has 2 N–H and O–H groups in total. The molecule has 0 spiro atoms. The Morgan fingerprint density at radius 2 is 1.78 bits per heavy atom. The summed E-state index contributed by atoms with van der Waals surface area (Å²) >= 11 is 0. The second-order valence-corrected chi connectivity index (χ2v) is 6.81. The van der Waals surface area contributed by atoms with E-state index < -0.39 is 0 Å². The van der Waals surface area contributed by atoms with E-state index in [1.54, 1.807) is 19.1 Å². The predicted octanol–water partition coefficient (Wildman–Crippen LogP) is 1.46. The van der Waals surface area contributed by atoms with E-state index in [0.29, 0.717) is 12.1 Å². The van der Waals surface area contributed by atoms with Crippen molar-refractivity contribution in [2.45, 2.75) is 13.3 Å². The van der Waals surface area contributed by atoms with E-state index in [1.807, 2.05) is 6.07 Å². The van der Waals surface area contributed by atoms with Crippen molar-refractivity contribution in [3.8, 4) is 0 Å². The van der Waals surface area contributed by atoms with Gasteiger partial charge in [0.1, 0.15) is 5.82 Å². The number of rotatable bonds is 6. The molecular weight excluding hydrogens is 343 g/mol. The van der Waals surface area contributed by atoms with Gasteiger partial charge in [0.25, 0.3) is 0 Å². The van der Waals surface area contributed by atoms with Gasteiger partial charge in [-0.2, -0.15) is 5.10 Å². The molecular formula is C21H26FN4O+. The maximum atomic E-state index is 12.9. The summed E-state index contributed by atoms with van der Waals surface area (Å²) in [4.78, 5) is 15.9. The number of halogens is 1. The lowest BCUT2D eigenvalue weighted by Gasteiger charge is -2.33. The predicted molar refractivity (Wildman–Crippen MR) is 106 cm³/mol. The summed E-state index contributed by atoms with van der Waals surface area (Å²) in [7, 11) is 0. The third kappa shape index (κ3) is 5.62. The second-order valence-electron chi connectivity index (χ2n) is 6.81. The molecule has 1 saturated heterocycles. The minimum Gasteiger partial charge on any atom is -0.360 e. The molecule has 27 heavy (non-hydrogen) atoms. The molecule has 2 aromatic carbocycles. The van der Waals surface area contributed by atoms with Crippen molar-refractivity contribution in [2.24, 2.45) is 5.10 Å². The quantitative estimate of drug-likeness (QED) is 0.598. The first-order valence-electron chi connectivity index (χ1n) is 9.34. The van der Waals surface area contributed by atoms with Crippen LogP contribution >= 0.6 is 0 Å². The van der Waals surface area contributed by atoms with Crippen LogP contribution in [0.1, 0.15) is 18.9 Å². The lowest BCUT2D eigenvalue weighted by molar-refractivity contribution is -0.900. The minimum absolute atomic E-state index is 0.0885. The topological polar surface area (TPSA) is 49.1 Å². The highest BCUT2D eigenvalue weighted by atomic mass is 19.1. The van der Waals surface area contributed by atoms with E-state index in [9.17, 15) is 9.18 Å². The van der Waals surface area contributed by atoms with Crippen molar-refractivity contribution in [3.63, 3.8) is 0 Å². The van der Waals surface area contributed by atoms with Crippen molar-refractivity contribution in [2.75, 3.05) is 37.6 Å². The van der Waals surface area contributed by atoms with Crippen molar-refractivity contribution in [1.82, 2.24) is 5.43 Å². The van der Waals surface area contributed by atoms with Gasteiger partial charge < -0.3 is 9.80 Å². The van der Waals surface area contributed by atoms with Gasteiger partial charge in [-0.3, -0.25) is 4.79 Å². The number of hydrogen-bond donors (Lipinski definition) is 2. The monoisotopic (exact) mass is 369 g/mol. The maximum Gasteiger partial charge on any atom is 0.245 e. The van der Waals surface area contributed by atoms with E-state index in [-0.39, 0.29) is 11.7 Å². The first kappa shape index (κ1) is 19.0. The summed E-state index contributed by atoms with van der Waals surface area (Å²) < 4.78 is 12.9. The van der Waals surface area contributed by atoms with E-state index in [1.165, 1.54) is 22.7 Å². The summed E-state index contributed by atoms with van der Waals surface area (Å²) in [5, 5.41) is 4.12. The number of carbonyl (C=O) groups is 1. The number of amides is 1. The molecule has 0 saturated carbocycles. The molecule has 0 aromatic heterocycles. The molecule has 0 aliphatic carbocycles. The zero-order chi connectivity index (χ0) is 19.1. The fourth-order valence-corrected chi connectivity index (χ4v) is 3.22. The van der Waals surface area contributed by atoms with Crippen LogP contribution in [0.2, 0.25) is 0 Å². The Balaban J connectivity index is 1.39. The number of anilines is 1. The molecule has 1 heterocycles. The van der Waals surface area contributed by atoms with E-state index in [4.69, 9.17) is 0 Å². The highest BCUT2D eigenvalue weighted by molar-refractivity contribution is 5.99. The lowest BCUT2D eigenvalue weighted by atomic mass is 10.1. The fourth-order valence-electron chi connectivity index (χ4n) is 3.22. The maximum absolute atomic E-state index is 12.9. The van der Waals surface area contributed by atoms with Gasteiger partial charge in [-0.05, 0) is 36.8 Å². The van der Waals surface area contributed by atoms with E-state index >= 15 is 0 Å². The van der Waals surface area contributed by atoms with Crippen LogP contribution in [0.3, 0.4) is 0 Å². The van der Waals surface area contributed by atoms with Gasteiger partial charge in [0.15, 0.2) is 0 Å². The largest absolute Gasteiger partial charge is 0.360 e. The summed E-state index contributed by atoms with van der Waals surface area (Å²) in [6.45, 7) is 6.66. The number of nitrogens with one attached hydrogen (secondary N) is 2. The van der Waals surface area contributed by atoms with Gasteiger partial charge >= 0.3 is 0 Å². The zero-order valence-corrected chi connectivity index (χ0v) is 15.6. The van der Waals surface area contributed by atoms with Gasteiger partial charge in [0.2, 0.25) is 5.91 Å². The molecule has 0 bridgehead atoms. The van der Waals surface area contributed by atoms with Gasteiger partial charge in [-0.25, -0.2) is 9.82 Å². The van der Waals surface area contributed by atoms with Crippen LogP contribution in [0.5, 0.6) is 0 Å². The highest BCUT2D eigenvalue weighted by Gasteiger charge is 2.20.